The summed E-state index contributed by atoms with van der Waals surface area (Å²) in [5, 5.41) is 12.7. The molecule has 0 fully saturated rings. The highest BCUT2D eigenvalue weighted by Gasteiger charge is 2.16. The van der Waals surface area contributed by atoms with Gasteiger partial charge in [0.1, 0.15) is 0 Å². The van der Waals surface area contributed by atoms with Crippen LogP contribution >= 0.6 is 0 Å². The lowest BCUT2D eigenvalue weighted by molar-refractivity contribution is 0.715. The van der Waals surface area contributed by atoms with E-state index in [4.69, 9.17) is 0 Å². The molecular weight excluding hydrogens is 340 g/mol. The SMILES string of the molecule is Cc1c(-c2cccc(-c3nnnn3C)c2)c2[nH]c3ccccc3c2[nH]c1=O. The van der Waals surface area contributed by atoms with Gasteiger partial charge in [-0.2, -0.15) is 0 Å². The highest BCUT2D eigenvalue weighted by molar-refractivity contribution is 6.10. The topological polar surface area (TPSA) is 92.2 Å². The summed E-state index contributed by atoms with van der Waals surface area (Å²) in [6.45, 7) is 1.84. The molecule has 0 amide bonds. The second kappa shape index (κ2) is 5.63. The summed E-state index contributed by atoms with van der Waals surface area (Å²) in [4.78, 5) is 19.1. The molecule has 3 heterocycles. The van der Waals surface area contributed by atoms with Gasteiger partial charge in [0.25, 0.3) is 5.56 Å². The third-order valence-electron chi connectivity index (χ3n) is 4.94. The Morgan fingerprint density at radius 3 is 2.59 bits per heavy atom. The van der Waals surface area contributed by atoms with Gasteiger partial charge in [0, 0.05) is 34.6 Å². The van der Waals surface area contributed by atoms with Gasteiger partial charge in [0.05, 0.1) is 11.0 Å². The van der Waals surface area contributed by atoms with Gasteiger partial charge in [-0.1, -0.05) is 36.4 Å². The molecule has 0 radical (unpaired) electrons. The number of benzene rings is 2. The van der Waals surface area contributed by atoms with Crippen LogP contribution in [-0.4, -0.2) is 30.2 Å². The first-order valence-electron chi connectivity index (χ1n) is 8.60. The zero-order valence-electron chi connectivity index (χ0n) is 14.8. The highest BCUT2D eigenvalue weighted by atomic mass is 16.1. The molecule has 0 aliphatic carbocycles. The molecule has 27 heavy (non-hydrogen) atoms. The predicted octanol–water partition coefficient (Wildman–Crippen LogP) is 3.18. The molecule has 0 saturated heterocycles. The number of hydrogen-bond donors (Lipinski definition) is 2. The molecule has 5 aromatic rings. The van der Waals surface area contributed by atoms with Crippen molar-refractivity contribution in [2.75, 3.05) is 0 Å². The Morgan fingerprint density at radius 1 is 0.963 bits per heavy atom. The second-order valence-corrected chi connectivity index (χ2v) is 6.58. The summed E-state index contributed by atoms with van der Waals surface area (Å²) >= 11 is 0. The average Bonchev–Trinajstić information content (AvgIpc) is 3.26. The zero-order valence-corrected chi connectivity index (χ0v) is 14.8. The van der Waals surface area contributed by atoms with E-state index in [0.717, 1.165) is 38.6 Å². The van der Waals surface area contributed by atoms with E-state index in [1.165, 1.54) is 0 Å². The zero-order chi connectivity index (χ0) is 18.5. The fraction of sp³-hybridized carbons (Fsp3) is 0.100. The predicted molar refractivity (Wildman–Crippen MR) is 104 cm³/mol. The summed E-state index contributed by atoms with van der Waals surface area (Å²) in [5.74, 6) is 0.673. The van der Waals surface area contributed by atoms with E-state index >= 15 is 0 Å². The molecular formula is C20H16N6O. The van der Waals surface area contributed by atoms with Gasteiger partial charge in [-0.25, -0.2) is 4.68 Å². The van der Waals surface area contributed by atoms with E-state index < -0.39 is 0 Å². The van der Waals surface area contributed by atoms with Gasteiger partial charge in [0.15, 0.2) is 5.82 Å². The molecule has 2 aromatic carbocycles. The van der Waals surface area contributed by atoms with E-state index in [1.807, 2.05) is 55.5 Å². The van der Waals surface area contributed by atoms with Crippen molar-refractivity contribution in [1.29, 1.82) is 0 Å². The maximum absolute atomic E-state index is 12.6. The third kappa shape index (κ3) is 2.28. The number of tetrazole rings is 1. The van der Waals surface area contributed by atoms with Crippen molar-refractivity contribution in [2.24, 2.45) is 7.05 Å². The Bertz CT molecular complexity index is 1370. The van der Waals surface area contributed by atoms with Crippen LogP contribution in [-0.2, 0) is 7.05 Å². The van der Waals surface area contributed by atoms with Gasteiger partial charge in [-0.15, -0.1) is 5.10 Å². The molecule has 2 N–H and O–H groups in total. The van der Waals surface area contributed by atoms with E-state index in [-0.39, 0.29) is 5.56 Å². The first kappa shape index (κ1) is 15.5. The lowest BCUT2D eigenvalue weighted by Gasteiger charge is -2.09. The fourth-order valence-electron chi connectivity index (χ4n) is 3.62. The first-order valence-corrected chi connectivity index (χ1v) is 8.60. The van der Waals surface area contributed by atoms with Crippen molar-refractivity contribution in [3.05, 3.63) is 64.4 Å². The Kier molecular flexibility index (Phi) is 3.24. The number of pyridine rings is 1. The number of rotatable bonds is 2. The molecule has 0 saturated carbocycles. The lowest BCUT2D eigenvalue weighted by atomic mass is 9.98. The number of nitrogens with zero attached hydrogens (tertiary/aromatic N) is 4. The first-order chi connectivity index (χ1) is 13.1. The average molecular weight is 356 g/mol. The van der Waals surface area contributed by atoms with E-state index in [1.54, 1.807) is 11.7 Å². The molecule has 7 nitrogen and oxygen atoms in total. The molecule has 0 atom stereocenters. The summed E-state index contributed by atoms with van der Waals surface area (Å²) in [6.07, 6.45) is 0. The third-order valence-corrected chi connectivity index (χ3v) is 4.94. The van der Waals surface area contributed by atoms with Crippen LogP contribution in [0.4, 0.5) is 0 Å². The van der Waals surface area contributed by atoms with Gasteiger partial charge in [-0.05, 0) is 35.0 Å². The van der Waals surface area contributed by atoms with Crippen LogP contribution in [0.1, 0.15) is 5.56 Å². The summed E-state index contributed by atoms with van der Waals surface area (Å²) in [5.41, 5.74) is 6.03. The van der Waals surface area contributed by atoms with Crippen LogP contribution < -0.4 is 5.56 Å². The largest absolute Gasteiger partial charge is 0.353 e. The molecule has 0 unspecified atom stereocenters. The Labute approximate surface area is 153 Å². The van der Waals surface area contributed by atoms with Gasteiger partial charge in [-0.3, -0.25) is 4.79 Å². The summed E-state index contributed by atoms with van der Waals surface area (Å²) in [6, 6.07) is 15.9. The molecule has 7 heteroatoms. The monoisotopic (exact) mass is 356 g/mol. The van der Waals surface area contributed by atoms with Crippen molar-refractivity contribution in [1.82, 2.24) is 30.2 Å². The second-order valence-electron chi connectivity index (χ2n) is 6.58. The van der Waals surface area contributed by atoms with Crippen LogP contribution in [0, 0.1) is 6.92 Å². The number of aryl methyl sites for hydroxylation is 1. The number of hydrogen-bond acceptors (Lipinski definition) is 4. The Hall–Kier alpha value is -3.74. The fourth-order valence-corrected chi connectivity index (χ4v) is 3.62. The van der Waals surface area contributed by atoms with Gasteiger partial charge in [0.2, 0.25) is 0 Å². The highest BCUT2D eigenvalue weighted by Crippen LogP contribution is 2.34. The molecule has 0 aliphatic rings. The van der Waals surface area contributed by atoms with Crippen LogP contribution in [0.2, 0.25) is 0 Å². The minimum atomic E-state index is -0.0898. The number of para-hydroxylation sites is 1. The Morgan fingerprint density at radius 2 is 1.78 bits per heavy atom. The van der Waals surface area contributed by atoms with Gasteiger partial charge >= 0.3 is 0 Å². The number of aromatic nitrogens is 6. The minimum absolute atomic E-state index is 0.0898. The van der Waals surface area contributed by atoms with Crippen LogP contribution in [0.15, 0.2) is 53.3 Å². The summed E-state index contributed by atoms with van der Waals surface area (Å²) in [7, 11) is 1.80. The van der Waals surface area contributed by atoms with E-state index in [0.29, 0.717) is 11.4 Å². The molecule has 0 aliphatic heterocycles. The number of aromatic amines is 2. The van der Waals surface area contributed by atoms with Gasteiger partial charge < -0.3 is 9.97 Å². The van der Waals surface area contributed by atoms with Crippen molar-refractivity contribution in [3.63, 3.8) is 0 Å². The molecule has 5 rings (SSSR count). The normalized spacial score (nSPS) is 11.5. The number of nitrogens with one attached hydrogen (secondary N) is 2. The molecule has 0 bridgehead atoms. The van der Waals surface area contributed by atoms with Crippen LogP contribution in [0.3, 0.4) is 0 Å². The van der Waals surface area contributed by atoms with Crippen LogP contribution in [0.25, 0.3) is 44.5 Å². The van der Waals surface area contributed by atoms with Crippen LogP contribution in [0.5, 0.6) is 0 Å². The maximum Gasteiger partial charge on any atom is 0.252 e. The molecule has 0 spiro atoms. The minimum Gasteiger partial charge on any atom is -0.353 e. The smallest absolute Gasteiger partial charge is 0.252 e. The molecule has 3 aromatic heterocycles. The maximum atomic E-state index is 12.6. The number of H-pyrrole nitrogens is 2. The van der Waals surface area contributed by atoms with Crippen molar-refractivity contribution < 1.29 is 0 Å². The van der Waals surface area contributed by atoms with Crippen molar-refractivity contribution in [3.8, 4) is 22.5 Å². The summed E-state index contributed by atoms with van der Waals surface area (Å²) < 4.78 is 1.63. The van der Waals surface area contributed by atoms with E-state index in [9.17, 15) is 4.79 Å². The number of fused-ring (bicyclic) bond motifs is 3. The molecule has 132 valence electrons. The lowest BCUT2D eigenvalue weighted by Crippen LogP contribution is -2.10. The Balaban J connectivity index is 1.84. The van der Waals surface area contributed by atoms with Crippen molar-refractivity contribution >= 4 is 21.9 Å². The standard InChI is InChI=1S/C20H16N6O/c1-11-16(12-6-5-7-13(10-12)19-23-24-25-26(19)2)18-17(22-20(11)27)14-8-3-4-9-15(14)21-18/h3-10,21H,1-2H3,(H,22,27). The van der Waals surface area contributed by atoms with Crippen molar-refractivity contribution in [2.45, 2.75) is 6.92 Å². The quantitative estimate of drug-likeness (QED) is 0.508. The van der Waals surface area contributed by atoms with E-state index in [2.05, 4.69) is 25.5 Å².